The van der Waals surface area contributed by atoms with Gasteiger partial charge in [-0.3, -0.25) is 19.5 Å². The van der Waals surface area contributed by atoms with E-state index in [9.17, 15) is 9.59 Å². The molecule has 0 bridgehead atoms. The van der Waals surface area contributed by atoms with Crippen molar-refractivity contribution in [1.29, 1.82) is 0 Å². The van der Waals surface area contributed by atoms with E-state index in [1.807, 2.05) is 50.2 Å². The summed E-state index contributed by atoms with van der Waals surface area (Å²) >= 11 is 0. The average Bonchev–Trinajstić information content (AvgIpc) is 3.37. The van der Waals surface area contributed by atoms with Gasteiger partial charge in [0.05, 0.1) is 30.7 Å². The van der Waals surface area contributed by atoms with Gasteiger partial charge in [-0.05, 0) is 37.0 Å². The molecule has 8 heteroatoms. The first-order chi connectivity index (χ1) is 16.6. The molecule has 1 aromatic carbocycles. The van der Waals surface area contributed by atoms with Crippen molar-refractivity contribution in [3.05, 3.63) is 59.9 Å². The first-order valence-electron chi connectivity index (χ1n) is 12.2. The number of ether oxygens (including phenoxy) is 1. The number of nitrogens with one attached hydrogen (secondary N) is 1. The molecule has 1 saturated carbocycles. The summed E-state index contributed by atoms with van der Waals surface area (Å²) in [6.07, 6.45) is 4.42. The van der Waals surface area contributed by atoms with E-state index in [0.717, 1.165) is 16.9 Å². The minimum absolute atomic E-state index is 0.0177. The van der Waals surface area contributed by atoms with Crippen molar-refractivity contribution in [2.75, 3.05) is 6.61 Å². The van der Waals surface area contributed by atoms with E-state index >= 15 is 0 Å². The lowest BCUT2D eigenvalue weighted by Crippen LogP contribution is -2.52. The minimum Gasteiger partial charge on any atom is -0.493 e. The van der Waals surface area contributed by atoms with E-state index < -0.39 is 11.6 Å². The van der Waals surface area contributed by atoms with Crippen LogP contribution in [0.25, 0.3) is 0 Å². The first-order valence-corrected chi connectivity index (χ1v) is 12.2. The van der Waals surface area contributed by atoms with Crippen LogP contribution in [0.3, 0.4) is 0 Å². The Morgan fingerprint density at radius 2 is 1.97 bits per heavy atom. The lowest BCUT2D eigenvalue weighted by molar-refractivity contribution is -0.132. The average molecular weight is 476 g/mol. The Labute approximate surface area is 206 Å². The van der Waals surface area contributed by atoms with Crippen LogP contribution >= 0.6 is 0 Å². The predicted molar refractivity (Wildman–Crippen MR) is 132 cm³/mol. The highest BCUT2D eigenvalue weighted by atomic mass is 16.5. The second kappa shape index (κ2) is 8.36. The molecule has 184 valence electrons. The van der Waals surface area contributed by atoms with Crippen molar-refractivity contribution >= 4 is 17.8 Å². The molecule has 0 radical (unpaired) electrons. The van der Waals surface area contributed by atoms with E-state index in [2.05, 4.69) is 29.1 Å². The third-order valence-electron chi connectivity index (χ3n) is 7.63. The quantitative estimate of drug-likeness (QED) is 0.689. The largest absolute Gasteiger partial charge is 0.493 e. The van der Waals surface area contributed by atoms with Crippen molar-refractivity contribution in [3.8, 4) is 5.75 Å². The van der Waals surface area contributed by atoms with E-state index in [0.29, 0.717) is 13.0 Å². The van der Waals surface area contributed by atoms with Crippen molar-refractivity contribution in [3.63, 3.8) is 0 Å². The molecule has 1 aliphatic carbocycles. The van der Waals surface area contributed by atoms with Crippen LogP contribution in [0.4, 0.5) is 0 Å². The van der Waals surface area contributed by atoms with Gasteiger partial charge in [0.25, 0.3) is 0 Å². The molecule has 3 aliphatic rings. The van der Waals surface area contributed by atoms with Crippen LogP contribution in [0.15, 0.2) is 53.8 Å². The van der Waals surface area contributed by atoms with Crippen LogP contribution in [0.1, 0.15) is 63.7 Å². The highest BCUT2D eigenvalue weighted by Crippen LogP contribution is 2.65. The molecule has 3 unspecified atom stereocenters. The van der Waals surface area contributed by atoms with Gasteiger partial charge in [-0.15, -0.1) is 0 Å². The van der Waals surface area contributed by atoms with Crippen molar-refractivity contribution in [2.45, 2.75) is 58.2 Å². The molecule has 5 rings (SSSR count). The number of nitrogens with zero attached hydrogens (tertiary/aromatic N) is 3. The molecule has 3 heterocycles. The summed E-state index contributed by atoms with van der Waals surface area (Å²) in [5.74, 6) is 0.473. The SMILES string of the molecule is CC1(C)CC(=O)N(C(c2cccnc2)C2C(C(=O)N[C@H]3CCOc4ccccc43)C2(C)C)C(N)=N1. The fourth-order valence-corrected chi connectivity index (χ4v) is 5.87. The zero-order valence-electron chi connectivity index (χ0n) is 20.7. The molecule has 3 N–H and O–H groups in total. The lowest BCUT2D eigenvalue weighted by atomic mass is 9.93. The standard InChI is InChI=1S/C27H33N5O3/c1-26(2)14-20(33)32(25(28)31-26)23(16-8-7-12-29-15-16)21-22(27(21,3)4)24(34)30-18-11-13-35-19-10-6-5-9-17(18)19/h5-10,12,15,18,21-23H,11,13-14H2,1-4H3,(H2,28,31)(H,30,34)/t18-,21?,22?,23?/m0/s1. The number of benzene rings is 1. The van der Waals surface area contributed by atoms with Gasteiger partial charge in [-0.25, -0.2) is 4.99 Å². The summed E-state index contributed by atoms with van der Waals surface area (Å²) in [4.78, 5) is 37.5. The van der Waals surface area contributed by atoms with Gasteiger partial charge in [0.2, 0.25) is 11.8 Å². The van der Waals surface area contributed by atoms with Gasteiger partial charge in [-0.1, -0.05) is 38.1 Å². The van der Waals surface area contributed by atoms with E-state index in [4.69, 9.17) is 10.5 Å². The molecule has 1 fully saturated rings. The number of para-hydroxylation sites is 1. The molecule has 2 aliphatic heterocycles. The Kier molecular flexibility index (Phi) is 5.57. The minimum atomic E-state index is -0.552. The van der Waals surface area contributed by atoms with Crippen LogP contribution in [-0.4, -0.2) is 39.8 Å². The highest BCUT2D eigenvalue weighted by Gasteiger charge is 2.66. The van der Waals surface area contributed by atoms with Crippen LogP contribution in [-0.2, 0) is 9.59 Å². The summed E-state index contributed by atoms with van der Waals surface area (Å²) in [5, 5.41) is 3.27. The Bertz CT molecular complexity index is 1180. The normalized spacial score (nSPS) is 27.2. The number of nitrogens with two attached hydrogens (primary N) is 1. The number of guanidine groups is 1. The monoisotopic (exact) mass is 475 g/mol. The Balaban J connectivity index is 1.46. The molecule has 1 aromatic heterocycles. The summed E-state index contributed by atoms with van der Waals surface area (Å²) in [6.45, 7) is 8.51. The van der Waals surface area contributed by atoms with E-state index in [1.165, 1.54) is 0 Å². The number of hydrogen-bond donors (Lipinski definition) is 2. The number of amides is 2. The number of aliphatic imine (C=N–C) groups is 1. The van der Waals surface area contributed by atoms with Gasteiger partial charge in [0, 0.05) is 36.2 Å². The van der Waals surface area contributed by atoms with Crippen LogP contribution in [0.2, 0.25) is 0 Å². The van der Waals surface area contributed by atoms with E-state index in [-0.39, 0.29) is 47.5 Å². The van der Waals surface area contributed by atoms with Gasteiger partial charge < -0.3 is 15.8 Å². The maximum Gasteiger partial charge on any atom is 0.232 e. The highest BCUT2D eigenvalue weighted by molar-refractivity contribution is 5.99. The fourth-order valence-electron chi connectivity index (χ4n) is 5.87. The molecule has 0 spiro atoms. The summed E-state index contributed by atoms with van der Waals surface area (Å²) in [5.41, 5.74) is 7.33. The topological polar surface area (TPSA) is 110 Å². The van der Waals surface area contributed by atoms with Gasteiger partial charge >= 0.3 is 0 Å². The lowest BCUT2D eigenvalue weighted by Gasteiger charge is -2.38. The number of hydrogen-bond acceptors (Lipinski definition) is 6. The number of pyridine rings is 1. The zero-order chi connectivity index (χ0) is 25.0. The number of fused-ring (bicyclic) bond motifs is 1. The third-order valence-corrected chi connectivity index (χ3v) is 7.63. The smallest absolute Gasteiger partial charge is 0.232 e. The zero-order valence-corrected chi connectivity index (χ0v) is 20.7. The molecule has 8 nitrogen and oxygen atoms in total. The molecular weight excluding hydrogens is 442 g/mol. The molecule has 4 atom stereocenters. The van der Waals surface area contributed by atoms with E-state index in [1.54, 1.807) is 17.3 Å². The van der Waals surface area contributed by atoms with Gasteiger partial charge in [0.15, 0.2) is 5.96 Å². The molecule has 0 saturated heterocycles. The van der Waals surface area contributed by atoms with Crippen LogP contribution in [0.5, 0.6) is 5.75 Å². The Morgan fingerprint density at radius 1 is 1.20 bits per heavy atom. The van der Waals surface area contributed by atoms with Crippen molar-refractivity contribution in [2.24, 2.45) is 28.0 Å². The van der Waals surface area contributed by atoms with Gasteiger partial charge in [-0.2, -0.15) is 0 Å². The summed E-state index contributed by atoms with van der Waals surface area (Å²) in [7, 11) is 0. The Morgan fingerprint density at radius 3 is 2.69 bits per heavy atom. The van der Waals surface area contributed by atoms with Gasteiger partial charge in [0.1, 0.15) is 5.75 Å². The Hall–Kier alpha value is -3.42. The number of aromatic nitrogens is 1. The number of carbonyl (C=O) groups excluding carboxylic acids is 2. The van der Waals surface area contributed by atoms with Crippen LogP contribution in [0, 0.1) is 17.3 Å². The molecule has 2 aromatic rings. The summed E-state index contributed by atoms with van der Waals surface area (Å²) in [6, 6.07) is 11.1. The second-order valence-electron chi connectivity index (χ2n) is 11.0. The third kappa shape index (κ3) is 4.15. The fraction of sp³-hybridized carbons (Fsp3) is 0.481. The molecular formula is C27H33N5O3. The van der Waals surface area contributed by atoms with Crippen LogP contribution < -0.4 is 15.8 Å². The summed E-state index contributed by atoms with van der Waals surface area (Å²) < 4.78 is 5.76. The maximum atomic E-state index is 13.7. The second-order valence-corrected chi connectivity index (χ2v) is 11.0. The van der Waals surface area contributed by atoms with Crippen molar-refractivity contribution in [1.82, 2.24) is 15.2 Å². The molecule has 35 heavy (non-hydrogen) atoms. The predicted octanol–water partition coefficient (Wildman–Crippen LogP) is 3.36. The maximum absolute atomic E-state index is 13.7. The molecule has 2 amide bonds. The number of carbonyl (C=O) groups is 2. The number of rotatable bonds is 5. The first kappa shape index (κ1) is 23.3. The van der Waals surface area contributed by atoms with Crippen molar-refractivity contribution < 1.29 is 14.3 Å².